The van der Waals surface area contributed by atoms with E-state index in [2.05, 4.69) is 31.4 Å². The molecule has 130 valence electrons. The van der Waals surface area contributed by atoms with Gasteiger partial charge >= 0.3 is 0 Å². The molecule has 0 aliphatic carbocycles. The second kappa shape index (κ2) is 8.11. The first-order valence-electron chi connectivity index (χ1n) is 8.15. The maximum Gasteiger partial charge on any atom is 0.251 e. The van der Waals surface area contributed by atoms with E-state index in [4.69, 9.17) is 0 Å². The Labute approximate surface area is 155 Å². The van der Waals surface area contributed by atoms with Crippen molar-refractivity contribution in [3.05, 3.63) is 70.2 Å². The lowest BCUT2D eigenvalue weighted by Crippen LogP contribution is -2.25. The van der Waals surface area contributed by atoms with E-state index in [9.17, 15) is 4.79 Å². The van der Waals surface area contributed by atoms with Crippen molar-refractivity contribution < 1.29 is 4.79 Å². The Bertz CT molecular complexity index is 855. The zero-order valence-electron chi connectivity index (χ0n) is 14.0. The lowest BCUT2D eigenvalue weighted by molar-refractivity contribution is 0.0952. The Morgan fingerprint density at radius 1 is 1.28 bits per heavy atom. The molecule has 6 nitrogen and oxygen atoms in total. The van der Waals surface area contributed by atoms with Crippen LogP contribution in [0.4, 0.5) is 0 Å². The van der Waals surface area contributed by atoms with Crippen LogP contribution in [-0.4, -0.2) is 32.0 Å². The zero-order chi connectivity index (χ0) is 17.6. The van der Waals surface area contributed by atoms with Gasteiger partial charge in [-0.2, -0.15) is 10.2 Å². The predicted molar refractivity (Wildman–Crippen MR) is 99.4 cm³/mol. The lowest BCUT2D eigenvalue weighted by atomic mass is 10.1. The standard InChI is InChI=1S/C18H20BrN5O/c1-14-6-9-23(22-14)8-3-7-20-18(25)16-5-2-4-15(10-16)12-24-13-17(19)11-21-24/h2,4-6,9-11,13H,3,7-8,12H2,1H3,(H,20,25). The average molecular weight is 402 g/mol. The smallest absolute Gasteiger partial charge is 0.251 e. The summed E-state index contributed by atoms with van der Waals surface area (Å²) in [5.74, 6) is -0.0554. The summed E-state index contributed by atoms with van der Waals surface area (Å²) in [4.78, 5) is 12.3. The number of benzene rings is 1. The number of carbonyl (C=O) groups excluding carboxylic acids is 1. The first-order chi connectivity index (χ1) is 12.1. The van der Waals surface area contributed by atoms with Gasteiger partial charge in [-0.25, -0.2) is 0 Å². The summed E-state index contributed by atoms with van der Waals surface area (Å²) < 4.78 is 4.66. The second-order valence-corrected chi connectivity index (χ2v) is 6.80. The van der Waals surface area contributed by atoms with E-state index in [1.807, 2.05) is 59.0 Å². The highest BCUT2D eigenvalue weighted by Crippen LogP contribution is 2.10. The molecule has 0 aliphatic rings. The van der Waals surface area contributed by atoms with Crippen molar-refractivity contribution in [1.82, 2.24) is 24.9 Å². The molecular formula is C18H20BrN5O. The first kappa shape index (κ1) is 17.4. The molecule has 7 heteroatoms. The van der Waals surface area contributed by atoms with E-state index in [1.165, 1.54) is 0 Å². The van der Waals surface area contributed by atoms with E-state index < -0.39 is 0 Å². The van der Waals surface area contributed by atoms with E-state index in [0.717, 1.165) is 28.7 Å². The molecule has 3 aromatic rings. The van der Waals surface area contributed by atoms with Gasteiger partial charge in [0.05, 0.1) is 22.9 Å². The van der Waals surface area contributed by atoms with Gasteiger partial charge in [0, 0.05) is 31.0 Å². The molecule has 0 atom stereocenters. The molecule has 1 amide bonds. The van der Waals surface area contributed by atoms with Gasteiger partial charge in [0.1, 0.15) is 0 Å². The largest absolute Gasteiger partial charge is 0.352 e. The molecule has 0 fully saturated rings. The summed E-state index contributed by atoms with van der Waals surface area (Å²) in [5, 5.41) is 11.5. The monoisotopic (exact) mass is 401 g/mol. The Morgan fingerprint density at radius 2 is 2.16 bits per heavy atom. The molecule has 25 heavy (non-hydrogen) atoms. The molecule has 0 aliphatic heterocycles. The minimum Gasteiger partial charge on any atom is -0.352 e. The molecule has 1 aromatic carbocycles. The topological polar surface area (TPSA) is 64.7 Å². The molecule has 2 aromatic heterocycles. The highest BCUT2D eigenvalue weighted by molar-refractivity contribution is 9.10. The third-order valence-corrected chi connectivity index (χ3v) is 4.17. The van der Waals surface area contributed by atoms with Gasteiger partial charge < -0.3 is 5.32 Å². The van der Waals surface area contributed by atoms with E-state index in [-0.39, 0.29) is 5.91 Å². The third-order valence-electron chi connectivity index (χ3n) is 3.76. The van der Waals surface area contributed by atoms with Gasteiger partial charge in [0.25, 0.3) is 5.91 Å². The Morgan fingerprint density at radius 3 is 2.88 bits per heavy atom. The minimum absolute atomic E-state index is 0.0554. The highest BCUT2D eigenvalue weighted by Gasteiger charge is 2.06. The van der Waals surface area contributed by atoms with Crippen LogP contribution in [-0.2, 0) is 13.1 Å². The number of nitrogens with one attached hydrogen (secondary N) is 1. The van der Waals surface area contributed by atoms with Crippen molar-refractivity contribution in [1.29, 1.82) is 0 Å². The van der Waals surface area contributed by atoms with Gasteiger partial charge in [-0.1, -0.05) is 12.1 Å². The van der Waals surface area contributed by atoms with Crippen molar-refractivity contribution in [3.63, 3.8) is 0 Å². The molecule has 0 saturated carbocycles. The molecule has 3 rings (SSSR count). The predicted octanol–water partition coefficient (Wildman–Crippen LogP) is 3.02. The maximum absolute atomic E-state index is 12.3. The lowest BCUT2D eigenvalue weighted by Gasteiger charge is -2.08. The summed E-state index contributed by atoms with van der Waals surface area (Å²) in [6.45, 7) is 4.01. The average Bonchev–Trinajstić information content (AvgIpc) is 3.20. The van der Waals surface area contributed by atoms with Crippen LogP contribution in [0.3, 0.4) is 0 Å². The molecule has 0 spiro atoms. The van der Waals surface area contributed by atoms with Crippen LogP contribution in [0, 0.1) is 6.92 Å². The fourth-order valence-corrected chi connectivity index (χ4v) is 2.88. The quantitative estimate of drug-likeness (QED) is 0.618. The summed E-state index contributed by atoms with van der Waals surface area (Å²) in [7, 11) is 0. The van der Waals surface area contributed by atoms with Crippen molar-refractivity contribution in [2.45, 2.75) is 26.4 Å². The Hall–Kier alpha value is -2.41. The number of aromatic nitrogens is 4. The number of hydrogen-bond donors (Lipinski definition) is 1. The third kappa shape index (κ3) is 5.03. The number of rotatable bonds is 7. The summed E-state index contributed by atoms with van der Waals surface area (Å²) in [6.07, 6.45) is 6.45. The van der Waals surface area contributed by atoms with Crippen LogP contribution in [0.15, 0.2) is 53.4 Å². The number of halogens is 1. The normalized spacial score (nSPS) is 10.8. The first-order valence-corrected chi connectivity index (χ1v) is 8.94. The van der Waals surface area contributed by atoms with Crippen molar-refractivity contribution in [2.75, 3.05) is 6.54 Å². The molecule has 0 bridgehead atoms. The van der Waals surface area contributed by atoms with Crippen LogP contribution in [0.2, 0.25) is 0 Å². The molecule has 0 saturated heterocycles. The van der Waals surface area contributed by atoms with Gasteiger partial charge in [0.15, 0.2) is 0 Å². The van der Waals surface area contributed by atoms with Crippen LogP contribution >= 0.6 is 15.9 Å². The summed E-state index contributed by atoms with van der Waals surface area (Å²) in [6, 6.07) is 9.60. The molecule has 2 heterocycles. The number of amides is 1. The highest BCUT2D eigenvalue weighted by atomic mass is 79.9. The fraction of sp³-hybridized carbons (Fsp3) is 0.278. The maximum atomic E-state index is 12.3. The van der Waals surface area contributed by atoms with Gasteiger partial charge in [-0.15, -0.1) is 0 Å². The van der Waals surface area contributed by atoms with Crippen LogP contribution in [0.1, 0.15) is 28.0 Å². The number of nitrogens with zero attached hydrogens (tertiary/aromatic N) is 4. The van der Waals surface area contributed by atoms with Crippen molar-refractivity contribution in [3.8, 4) is 0 Å². The van der Waals surface area contributed by atoms with Gasteiger partial charge in [-0.05, 0) is 53.0 Å². The van der Waals surface area contributed by atoms with Crippen LogP contribution in [0.25, 0.3) is 0 Å². The summed E-state index contributed by atoms with van der Waals surface area (Å²) in [5.41, 5.74) is 2.71. The zero-order valence-corrected chi connectivity index (χ0v) is 15.6. The molecule has 0 unspecified atom stereocenters. The van der Waals surface area contributed by atoms with Crippen molar-refractivity contribution >= 4 is 21.8 Å². The van der Waals surface area contributed by atoms with E-state index in [1.54, 1.807) is 6.20 Å². The summed E-state index contributed by atoms with van der Waals surface area (Å²) >= 11 is 3.38. The molecular weight excluding hydrogens is 382 g/mol. The van der Waals surface area contributed by atoms with Gasteiger partial charge in [-0.3, -0.25) is 14.2 Å². The second-order valence-electron chi connectivity index (χ2n) is 5.89. The molecule has 1 N–H and O–H groups in total. The minimum atomic E-state index is -0.0554. The SMILES string of the molecule is Cc1ccn(CCCNC(=O)c2cccc(Cn3cc(Br)cn3)c2)n1. The fourth-order valence-electron chi connectivity index (χ4n) is 2.56. The number of carbonyl (C=O) groups is 1. The Balaban J connectivity index is 1.50. The van der Waals surface area contributed by atoms with Gasteiger partial charge in [0.2, 0.25) is 0 Å². The van der Waals surface area contributed by atoms with Crippen LogP contribution in [0.5, 0.6) is 0 Å². The molecule has 0 radical (unpaired) electrons. The Kier molecular flexibility index (Phi) is 5.65. The van der Waals surface area contributed by atoms with E-state index >= 15 is 0 Å². The van der Waals surface area contributed by atoms with Crippen molar-refractivity contribution in [2.24, 2.45) is 0 Å². The van der Waals surface area contributed by atoms with E-state index in [0.29, 0.717) is 18.7 Å². The number of hydrogen-bond acceptors (Lipinski definition) is 3. The number of aryl methyl sites for hydroxylation is 2. The van der Waals surface area contributed by atoms with Crippen LogP contribution < -0.4 is 5.32 Å².